The molecule has 1 rings (SSSR count). The zero-order valence-electron chi connectivity index (χ0n) is 8.84. The second kappa shape index (κ2) is 4.67. The van der Waals surface area contributed by atoms with Crippen molar-refractivity contribution in [1.82, 2.24) is 0 Å². The summed E-state index contributed by atoms with van der Waals surface area (Å²) in [6.45, 7) is 3.75. The first-order valence-electron chi connectivity index (χ1n) is 4.86. The van der Waals surface area contributed by atoms with Gasteiger partial charge in [0.2, 0.25) is 0 Å². The van der Waals surface area contributed by atoms with Crippen LogP contribution >= 0.6 is 0 Å². The number of non-ortho nitro benzene ring substituents is 1. The molecule has 0 N–H and O–H groups in total. The summed E-state index contributed by atoms with van der Waals surface area (Å²) < 4.78 is 13.0. The quantitative estimate of drug-likeness (QED) is 0.479. The van der Waals surface area contributed by atoms with Crippen molar-refractivity contribution in [2.75, 3.05) is 0 Å². The predicted molar refractivity (Wildman–Crippen MR) is 60.1 cm³/mol. The molecule has 0 amide bonds. The Morgan fingerprint density at radius 2 is 1.93 bits per heavy atom. The molecule has 0 radical (unpaired) electrons. The third-order valence-electron chi connectivity index (χ3n) is 2.53. The Bertz CT molecular complexity index is 409. The Morgan fingerprint density at radius 1 is 1.33 bits per heavy atom. The number of hydrogen-bond donors (Lipinski definition) is 0. The van der Waals surface area contributed by atoms with Gasteiger partial charge in [-0.2, -0.15) is 0 Å². The second-order valence-corrected chi connectivity index (χ2v) is 10.8. The van der Waals surface area contributed by atoms with Crippen LogP contribution < -0.4 is 4.35 Å². The summed E-state index contributed by atoms with van der Waals surface area (Å²) in [7, 11) is 0. The van der Waals surface area contributed by atoms with Crippen LogP contribution in [0.1, 0.15) is 13.8 Å². The molecule has 0 heterocycles. The molecule has 1 aromatic carbocycles. The van der Waals surface area contributed by atoms with Gasteiger partial charge in [0.05, 0.1) is 0 Å². The summed E-state index contributed by atoms with van der Waals surface area (Å²) >= 11 is -3.06. The van der Waals surface area contributed by atoms with Gasteiger partial charge in [-0.05, 0) is 0 Å². The van der Waals surface area contributed by atoms with Crippen molar-refractivity contribution >= 4 is 23.5 Å². The summed E-state index contributed by atoms with van der Waals surface area (Å²) in [5.41, 5.74) is 0.0241. The van der Waals surface area contributed by atoms with Crippen LogP contribution in [0.5, 0.6) is 0 Å². The van der Waals surface area contributed by atoms with Crippen LogP contribution in [-0.4, -0.2) is 18.4 Å². The molecule has 5 heteroatoms. The molecule has 82 valence electrons. The van der Waals surface area contributed by atoms with E-state index in [1.54, 1.807) is 12.1 Å². The topological polar surface area (TPSA) is 60.2 Å². The molecular formula is C10H14AsNO3. The fourth-order valence-electron chi connectivity index (χ4n) is 1.45. The first kappa shape index (κ1) is 12.0. The molecule has 0 bridgehead atoms. The van der Waals surface area contributed by atoms with Gasteiger partial charge >= 0.3 is 90.8 Å². The van der Waals surface area contributed by atoms with Crippen molar-refractivity contribution in [2.24, 2.45) is 0 Å². The predicted octanol–water partition coefficient (Wildman–Crippen LogP) is 2.22. The standard InChI is InChI=1S/C10H14AsNO3/c1-3-11(13,4-2)9-6-5-7-10(8-9)12(14)15/h5-8H,3-4H2,1-2H3. The fraction of sp³-hybridized carbons (Fsp3) is 0.400. The van der Waals surface area contributed by atoms with Gasteiger partial charge in [0.15, 0.2) is 0 Å². The molecule has 0 aromatic heterocycles. The second-order valence-electron chi connectivity index (χ2n) is 3.30. The Kier molecular flexibility index (Phi) is 3.75. The van der Waals surface area contributed by atoms with Crippen molar-refractivity contribution < 1.29 is 8.66 Å². The third kappa shape index (κ3) is 2.51. The molecule has 0 spiro atoms. The number of nitro benzene ring substituents is 1. The van der Waals surface area contributed by atoms with Crippen LogP contribution in [0.2, 0.25) is 10.4 Å². The van der Waals surface area contributed by atoms with Gasteiger partial charge in [-0.1, -0.05) is 0 Å². The van der Waals surface area contributed by atoms with Crippen LogP contribution in [0.15, 0.2) is 24.3 Å². The van der Waals surface area contributed by atoms with E-state index in [1.165, 1.54) is 12.1 Å². The van der Waals surface area contributed by atoms with Crippen LogP contribution in [0, 0.1) is 10.1 Å². The van der Waals surface area contributed by atoms with E-state index in [0.29, 0.717) is 14.8 Å². The minimum atomic E-state index is -3.06. The van der Waals surface area contributed by atoms with Gasteiger partial charge in [-0.25, -0.2) is 0 Å². The Labute approximate surface area is 91.1 Å². The normalized spacial score (nSPS) is 11.3. The third-order valence-corrected chi connectivity index (χ3v) is 9.38. The number of nitrogens with zero attached hydrogens (tertiary/aromatic N) is 1. The summed E-state index contributed by atoms with van der Waals surface area (Å²) in [5.74, 6) is 0. The number of benzene rings is 1. The van der Waals surface area contributed by atoms with E-state index in [9.17, 15) is 13.9 Å². The van der Waals surface area contributed by atoms with E-state index in [2.05, 4.69) is 0 Å². The van der Waals surface area contributed by atoms with Gasteiger partial charge in [0.1, 0.15) is 0 Å². The van der Waals surface area contributed by atoms with E-state index >= 15 is 0 Å². The molecule has 0 unspecified atom stereocenters. The van der Waals surface area contributed by atoms with Crippen molar-refractivity contribution in [3.05, 3.63) is 34.4 Å². The van der Waals surface area contributed by atoms with Crippen molar-refractivity contribution in [2.45, 2.75) is 24.3 Å². The van der Waals surface area contributed by atoms with Crippen LogP contribution in [0.25, 0.3) is 0 Å². The molecule has 15 heavy (non-hydrogen) atoms. The monoisotopic (exact) mass is 271 g/mol. The van der Waals surface area contributed by atoms with Gasteiger partial charge in [-0.3, -0.25) is 0 Å². The van der Waals surface area contributed by atoms with E-state index in [4.69, 9.17) is 0 Å². The molecule has 0 aliphatic heterocycles. The fourth-order valence-corrected chi connectivity index (χ4v) is 5.44. The molecule has 0 aliphatic carbocycles. The first-order chi connectivity index (χ1) is 7.03. The summed E-state index contributed by atoms with van der Waals surface area (Å²) in [4.78, 5) is 10.1. The summed E-state index contributed by atoms with van der Waals surface area (Å²) in [6, 6.07) is 6.22. The van der Waals surface area contributed by atoms with Crippen LogP contribution in [0.4, 0.5) is 5.69 Å². The van der Waals surface area contributed by atoms with Gasteiger partial charge in [-0.15, -0.1) is 0 Å². The van der Waals surface area contributed by atoms with Gasteiger partial charge in [0, 0.05) is 0 Å². The van der Waals surface area contributed by atoms with Crippen molar-refractivity contribution in [1.29, 1.82) is 0 Å². The zero-order valence-corrected chi connectivity index (χ0v) is 10.7. The maximum absolute atomic E-state index is 12.4. The van der Waals surface area contributed by atoms with Crippen molar-refractivity contribution in [3.8, 4) is 0 Å². The SMILES string of the molecule is CC[As](=O)(CC)c1cccc([N+](=O)[O-])c1. The number of nitro groups is 1. The Balaban J connectivity index is 3.21. The molecule has 0 saturated carbocycles. The van der Waals surface area contributed by atoms with E-state index in [-0.39, 0.29) is 5.69 Å². The molecule has 4 nitrogen and oxygen atoms in total. The summed E-state index contributed by atoms with van der Waals surface area (Å²) in [6.07, 6.45) is 0. The molecule has 0 aliphatic rings. The molecule has 0 fully saturated rings. The Hall–Kier alpha value is -1.02. The minimum absolute atomic E-state index is 0.0241. The van der Waals surface area contributed by atoms with Gasteiger partial charge < -0.3 is 0 Å². The average molecular weight is 271 g/mol. The molecule has 0 saturated heterocycles. The van der Waals surface area contributed by atoms with Gasteiger partial charge in [0.25, 0.3) is 0 Å². The Morgan fingerprint density at radius 3 is 2.40 bits per heavy atom. The first-order valence-corrected chi connectivity index (χ1v) is 9.22. The van der Waals surface area contributed by atoms with Crippen molar-refractivity contribution in [3.63, 3.8) is 0 Å². The van der Waals surface area contributed by atoms with E-state index in [0.717, 1.165) is 0 Å². The molecule has 1 aromatic rings. The number of hydrogen-bond acceptors (Lipinski definition) is 3. The van der Waals surface area contributed by atoms with E-state index < -0.39 is 18.4 Å². The maximum atomic E-state index is 12.4. The average Bonchev–Trinajstić information content (AvgIpc) is 2.28. The summed E-state index contributed by atoms with van der Waals surface area (Å²) in [5, 5.41) is 11.8. The van der Waals surface area contributed by atoms with Crippen LogP contribution in [-0.2, 0) is 3.74 Å². The number of rotatable bonds is 4. The van der Waals surface area contributed by atoms with Crippen LogP contribution in [0.3, 0.4) is 0 Å². The zero-order chi connectivity index (χ0) is 11.5. The molecular weight excluding hydrogens is 257 g/mol. The van der Waals surface area contributed by atoms with E-state index in [1.807, 2.05) is 13.8 Å². The molecule has 0 atom stereocenters.